The van der Waals surface area contributed by atoms with Gasteiger partial charge in [-0.2, -0.15) is 0 Å². The zero-order chi connectivity index (χ0) is 22.5. The van der Waals surface area contributed by atoms with Crippen LogP contribution in [-0.2, 0) is 11.2 Å². The van der Waals surface area contributed by atoms with Crippen molar-refractivity contribution in [2.24, 2.45) is 5.92 Å². The van der Waals surface area contributed by atoms with Gasteiger partial charge in [0.05, 0.1) is 25.8 Å². The van der Waals surface area contributed by atoms with Crippen molar-refractivity contribution >= 4 is 17.2 Å². The maximum absolute atomic E-state index is 13.5. The summed E-state index contributed by atoms with van der Waals surface area (Å²) in [6, 6.07) is 9.59. The molecule has 0 bridgehead atoms. The molecule has 32 heavy (non-hydrogen) atoms. The lowest BCUT2D eigenvalue weighted by Gasteiger charge is -2.37. The summed E-state index contributed by atoms with van der Waals surface area (Å²) in [5.41, 5.74) is 1.19. The minimum atomic E-state index is -0.390. The SMILES string of the molecule is CC[C@H](O)CN(CC(=O)N1CCc2sccc2[C@@H]1COc1cccc(OC)c1)CC1CC1. The number of aliphatic hydroxyl groups excluding tert-OH is 1. The topological polar surface area (TPSA) is 62.2 Å². The number of thiophene rings is 1. The summed E-state index contributed by atoms with van der Waals surface area (Å²) in [6.45, 7) is 4.89. The summed E-state index contributed by atoms with van der Waals surface area (Å²) in [7, 11) is 1.64. The van der Waals surface area contributed by atoms with Crippen LogP contribution in [-0.4, -0.2) is 66.8 Å². The average molecular weight is 459 g/mol. The molecule has 1 N–H and O–H groups in total. The van der Waals surface area contributed by atoms with Crippen molar-refractivity contribution in [1.82, 2.24) is 9.80 Å². The summed E-state index contributed by atoms with van der Waals surface area (Å²) in [5, 5.41) is 12.3. The number of methoxy groups -OCH3 is 1. The molecular weight excluding hydrogens is 424 g/mol. The van der Waals surface area contributed by atoms with Gasteiger partial charge in [-0.15, -0.1) is 11.3 Å². The lowest BCUT2D eigenvalue weighted by Crippen LogP contribution is -2.48. The number of hydrogen-bond acceptors (Lipinski definition) is 6. The predicted molar refractivity (Wildman–Crippen MR) is 126 cm³/mol. The Morgan fingerprint density at radius 2 is 2.12 bits per heavy atom. The number of carbonyl (C=O) groups is 1. The van der Waals surface area contributed by atoms with Gasteiger partial charge in [-0.3, -0.25) is 9.69 Å². The third-order valence-electron chi connectivity index (χ3n) is 6.38. The Bertz CT molecular complexity index is 898. The molecule has 0 spiro atoms. The van der Waals surface area contributed by atoms with E-state index in [0.717, 1.165) is 24.5 Å². The van der Waals surface area contributed by atoms with E-state index in [1.807, 2.05) is 36.1 Å². The van der Waals surface area contributed by atoms with E-state index in [2.05, 4.69) is 16.3 Å². The fourth-order valence-corrected chi connectivity index (χ4v) is 5.25. The van der Waals surface area contributed by atoms with Crippen LogP contribution in [0.4, 0.5) is 0 Å². The molecule has 1 amide bonds. The van der Waals surface area contributed by atoms with Crippen molar-refractivity contribution in [3.8, 4) is 11.5 Å². The molecule has 1 saturated carbocycles. The van der Waals surface area contributed by atoms with E-state index in [1.54, 1.807) is 18.4 Å². The first-order chi connectivity index (χ1) is 15.6. The monoisotopic (exact) mass is 458 g/mol. The maximum Gasteiger partial charge on any atom is 0.237 e. The van der Waals surface area contributed by atoms with E-state index in [-0.39, 0.29) is 11.9 Å². The molecule has 1 aromatic heterocycles. The molecular formula is C25H34N2O4S. The Balaban J connectivity index is 1.46. The average Bonchev–Trinajstić information content (AvgIpc) is 3.49. The van der Waals surface area contributed by atoms with E-state index in [1.165, 1.54) is 23.3 Å². The number of amides is 1. The molecule has 2 heterocycles. The second-order valence-corrected chi connectivity index (χ2v) is 9.84. The van der Waals surface area contributed by atoms with Crippen LogP contribution in [0.1, 0.15) is 42.7 Å². The molecule has 7 heteroatoms. The number of hydrogen-bond donors (Lipinski definition) is 1. The molecule has 2 aliphatic rings. The second kappa shape index (κ2) is 10.7. The molecule has 0 radical (unpaired) electrons. The van der Waals surface area contributed by atoms with E-state index in [4.69, 9.17) is 9.47 Å². The van der Waals surface area contributed by atoms with E-state index in [9.17, 15) is 9.90 Å². The second-order valence-electron chi connectivity index (χ2n) is 8.84. The highest BCUT2D eigenvalue weighted by atomic mass is 32.1. The zero-order valence-corrected chi connectivity index (χ0v) is 19.9. The fourth-order valence-electron chi connectivity index (χ4n) is 4.32. The number of ether oxygens (including phenoxy) is 2. The van der Waals surface area contributed by atoms with Crippen molar-refractivity contribution < 1.29 is 19.4 Å². The quantitative estimate of drug-likeness (QED) is 0.556. The van der Waals surface area contributed by atoms with Gasteiger partial charge in [-0.1, -0.05) is 13.0 Å². The highest BCUT2D eigenvalue weighted by Gasteiger charge is 2.34. The summed E-state index contributed by atoms with van der Waals surface area (Å²) in [5.74, 6) is 2.27. The minimum Gasteiger partial charge on any atom is -0.497 e. The Kier molecular flexibility index (Phi) is 7.71. The Hall–Kier alpha value is -2.09. The molecule has 1 fully saturated rings. The normalized spacial score (nSPS) is 19.0. The van der Waals surface area contributed by atoms with Crippen LogP contribution in [0.5, 0.6) is 11.5 Å². The lowest BCUT2D eigenvalue weighted by molar-refractivity contribution is -0.136. The van der Waals surface area contributed by atoms with Crippen LogP contribution in [0.15, 0.2) is 35.7 Å². The standard InChI is InChI=1S/C25H34N2O4S/c1-3-19(28)15-26(14-18-7-8-18)16-25(29)27-11-9-24-22(10-12-32-24)23(27)17-31-21-6-4-5-20(13-21)30-2/h4-6,10,12-13,18-19,23,28H,3,7-9,11,14-17H2,1-2H3/t19-,23-/m0/s1. The third-order valence-corrected chi connectivity index (χ3v) is 7.37. The number of nitrogens with zero attached hydrogens (tertiary/aromatic N) is 2. The van der Waals surface area contributed by atoms with Crippen LogP contribution < -0.4 is 9.47 Å². The molecule has 0 saturated heterocycles. The van der Waals surface area contributed by atoms with Crippen molar-refractivity contribution in [3.63, 3.8) is 0 Å². The Labute approximate surface area is 194 Å². The van der Waals surface area contributed by atoms with Gasteiger partial charge < -0.3 is 19.5 Å². The van der Waals surface area contributed by atoms with Crippen LogP contribution >= 0.6 is 11.3 Å². The highest BCUT2D eigenvalue weighted by Crippen LogP contribution is 2.35. The van der Waals surface area contributed by atoms with Crippen molar-refractivity contribution in [2.75, 3.05) is 39.9 Å². The summed E-state index contributed by atoms with van der Waals surface area (Å²) in [6.07, 6.45) is 3.65. The zero-order valence-electron chi connectivity index (χ0n) is 19.0. The largest absolute Gasteiger partial charge is 0.497 e. The molecule has 2 atom stereocenters. The number of carbonyl (C=O) groups excluding carboxylic acids is 1. The molecule has 0 unspecified atom stereocenters. The first-order valence-corrected chi connectivity index (χ1v) is 12.5. The van der Waals surface area contributed by atoms with Gasteiger partial charge in [0.2, 0.25) is 5.91 Å². The number of benzene rings is 1. The smallest absolute Gasteiger partial charge is 0.237 e. The van der Waals surface area contributed by atoms with Gasteiger partial charge in [0.1, 0.15) is 18.1 Å². The van der Waals surface area contributed by atoms with E-state index < -0.39 is 6.10 Å². The van der Waals surface area contributed by atoms with Crippen molar-refractivity contribution in [1.29, 1.82) is 0 Å². The van der Waals surface area contributed by atoms with Crippen molar-refractivity contribution in [3.05, 3.63) is 46.2 Å². The third kappa shape index (κ3) is 5.82. The molecule has 1 aliphatic carbocycles. The molecule has 2 aromatic rings. The number of rotatable bonds is 11. The highest BCUT2D eigenvalue weighted by molar-refractivity contribution is 7.10. The molecule has 174 valence electrons. The van der Waals surface area contributed by atoms with E-state index >= 15 is 0 Å². The maximum atomic E-state index is 13.5. The number of fused-ring (bicyclic) bond motifs is 1. The first-order valence-electron chi connectivity index (χ1n) is 11.6. The van der Waals surface area contributed by atoms with Crippen LogP contribution in [0, 0.1) is 5.92 Å². The van der Waals surface area contributed by atoms with Gasteiger partial charge in [0.15, 0.2) is 0 Å². The van der Waals surface area contributed by atoms with E-state index in [0.29, 0.717) is 38.6 Å². The summed E-state index contributed by atoms with van der Waals surface area (Å²) >= 11 is 1.76. The van der Waals surface area contributed by atoms with Gasteiger partial charge in [0.25, 0.3) is 0 Å². The van der Waals surface area contributed by atoms with Crippen LogP contribution in [0.3, 0.4) is 0 Å². The summed E-state index contributed by atoms with van der Waals surface area (Å²) in [4.78, 5) is 18.9. The van der Waals surface area contributed by atoms with Gasteiger partial charge in [-0.25, -0.2) is 0 Å². The van der Waals surface area contributed by atoms with Gasteiger partial charge in [-0.05, 0) is 60.7 Å². The Morgan fingerprint density at radius 1 is 1.31 bits per heavy atom. The lowest BCUT2D eigenvalue weighted by atomic mass is 10.0. The predicted octanol–water partition coefficient (Wildman–Crippen LogP) is 3.74. The van der Waals surface area contributed by atoms with Gasteiger partial charge in [0, 0.05) is 30.6 Å². The van der Waals surface area contributed by atoms with Gasteiger partial charge >= 0.3 is 0 Å². The minimum absolute atomic E-state index is 0.109. The molecule has 6 nitrogen and oxygen atoms in total. The molecule has 1 aliphatic heterocycles. The molecule has 1 aromatic carbocycles. The summed E-state index contributed by atoms with van der Waals surface area (Å²) < 4.78 is 11.4. The number of aliphatic hydroxyl groups is 1. The van der Waals surface area contributed by atoms with Crippen molar-refractivity contribution in [2.45, 2.75) is 44.8 Å². The first kappa shape index (κ1) is 23.1. The molecule has 4 rings (SSSR count). The van der Waals surface area contributed by atoms with Crippen LogP contribution in [0.2, 0.25) is 0 Å². The van der Waals surface area contributed by atoms with Crippen LogP contribution in [0.25, 0.3) is 0 Å². The fraction of sp³-hybridized carbons (Fsp3) is 0.560. The Morgan fingerprint density at radius 3 is 2.88 bits per heavy atom.